The second kappa shape index (κ2) is 9.47. The number of halogens is 2. The van der Waals surface area contributed by atoms with Gasteiger partial charge in [-0.2, -0.15) is 0 Å². The van der Waals surface area contributed by atoms with E-state index in [-0.39, 0.29) is 28.2 Å². The third-order valence-corrected chi connectivity index (χ3v) is 7.99. The van der Waals surface area contributed by atoms with Gasteiger partial charge in [0.25, 0.3) is 10.0 Å². The predicted molar refractivity (Wildman–Crippen MR) is 135 cm³/mol. The highest BCUT2D eigenvalue weighted by Crippen LogP contribution is 2.33. The number of rotatable bonds is 5. The fraction of sp³-hybridized carbons (Fsp3) is 0.250. The third-order valence-electron chi connectivity index (χ3n) is 6.12. The number of benzene rings is 1. The standard InChI is InChI=1S/C24H22ClFN6O3S/c1-14-5-7-18(8-6-14)36(34,35)32-13-20(19-9-15(25)11-28-24(19)32)22-27-12-21(26)23(30-22)29-16-3-2-4-17(10-16)31-33/h5-9,11-13,16,33H,2-4,10H2,1H3,(H,27,29,30)/t16-/m0/s1. The van der Waals surface area contributed by atoms with Gasteiger partial charge < -0.3 is 10.5 Å². The Morgan fingerprint density at radius 3 is 2.75 bits per heavy atom. The summed E-state index contributed by atoms with van der Waals surface area (Å²) in [4.78, 5) is 12.8. The minimum Gasteiger partial charge on any atom is -0.411 e. The molecule has 3 aromatic heterocycles. The highest BCUT2D eigenvalue weighted by Gasteiger charge is 2.25. The van der Waals surface area contributed by atoms with Crippen LogP contribution >= 0.6 is 11.6 Å². The van der Waals surface area contributed by atoms with Crippen molar-refractivity contribution >= 4 is 44.2 Å². The van der Waals surface area contributed by atoms with E-state index in [2.05, 4.69) is 25.4 Å². The van der Waals surface area contributed by atoms with Crippen molar-refractivity contribution in [2.75, 3.05) is 5.32 Å². The molecule has 1 atom stereocenters. The maximum atomic E-state index is 14.6. The molecule has 1 aliphatic carbocycles. The topological polar surface area (TPSA) is 122 Å². The molecule has 2 N–H and O–H groups in total. The number of nitrogens with zero attached hydrogens (tertiary/aromatic N) is 5. The van der Waals surface area contributed by atoms with Crippen molar-refractivity contribution in [3.63, 3.8) is 0 Å². The van der Waals surface area contributed by atoms with Gasteiger partial charge in [-0.25, -0.2) is 31.7 Å². The van der Waals surface area contributed by atoms with Crippen molar-refractivity contribution in [1.82, 2.24) is 18.9 Å². The maximum Gasteiger partial charge on any atom is 0.269 e. The smallest absolute Gasteiger partial charge is 0.269 e. The Kier molecular flexibility index (Phi) is 6.35. The molecule has 1 fully saturated rings. The molecule has 0 spiro atoms. The number of aromatic nitrogens is 4. The number of hydrogen-bond acceptors (Lipinski definition) is 8. The Morgan fingerprint density at radius 1 is 1.22 bits per heavy atom. The van der Waals surface area contributed by atoms with Gasteiger partial charge >= 0.3 is 0 Å². The molecule has 9 nitrogen and oxygen atoms in total. The van der Waals surface area contributed by atoms with Gasteiger partial charge in [0.15, 0.2) is 23.1 Å². The molecule has 0 amide bonds. The van der Waals surface area contributed by atoms with Gasteiger partial charge in [0.1, 0.15) is 0 Å². The molecule has 12 heteroatoms. The zero-order valence-corrected chi connectivity index (χ0v) is 20.8. The lowest BCUT2D eigenvalue weighted by molar-refractivity contribution is 0.313. The Labute approximate surface area is 211 Å². The molecule has 1 aromatic carbocycles. The van der Waals surface area contributed by atoms with Crippen molar-refractivity contribution in [3.8, 4) is 11.4 Å². The summed E-state index contributed by atoms with van der Waals surface area (Å²) >= 11 is 6.18. The number of anilines is 1. The molecule has 1 saturated carbocycles. The second-order valence-corrected chi connectivity index (χ2v) is 10.9. The van der Waals surface area contributed by atoms with E-state index in [4.69, 9.17) is 16.8 Å². The van der Waals surface area contributed by atoms with Crippen LogP contribution in [-0.4, -0.2) is 44.3 Å². The molecule has 3 heterocycles. The number of aryl methyl sites for hydroxylation is 1. The average Bonchev–Trinajstić information content (AvgIpc) is 3.25. The summed E-state index contributed by atoms with van der Waals surface area (Å²) in [5.74, 6) is -0.571. The van der Waals surface area contributed by atoms with E-state index in [1.807, 2.05) is 6.92 Å². The number of oxime groups is 1. The Morgan fingerprint density at radius 2 is 2.00 bits per heavy atom. The van der Waals surface area contributed by atoms with E-state index >= 15 is 0 Å². The fourth-order valence-electron chi connectivity index (χ4n) is 4.29. The van der Waals surface area contributed by atoms with Gasteiger partial charge in [-0.3, -0.25) is 0 Å². The number of pyridine rings is 1. The summed E-state index contributed by atoms with van der Waals surface area (Å²) in [6, 6.07) is 7.88. The van der Waals surface area contributed by atoms with Gasteiger partial charge in [0, 0.05) is 35.8 Å². The number of nitrogens with one attached hydrogen (secondary N) is 1. The zero-order chi connectivity index (χ0) is 25.4. The molecule has 4 aromatic rings. The van der Waals surface area contributed by atoms with Crippen LogP contribution in [0.1, 0.15) is 31.2 Å². The minimum atomic E-state index is -4.00. The monoisotopic (exact) mass is 528 g/mol. The summed E-state index contributed by atoms with van der Waals surface area (Å²) < 4.78 is 42.7. The van der Waals surface area contributed by atoms with Crippen LogP contribution in [0.5, 0.6) is 0 Å². The van der Waals surface area contributed by atoms with Crippen molar-refractivity contribution in [3.05, 3.63) is 65.3 Å². The lowest BCUT2D eigenvalue weighted by atomic mass is 9.94. The fourth-order valence-corrected chi connectivity index (χ4v) is 5.77. The van der Waals surface area contributed by atoms with Crippen LogP contribution in [0.25, 0.3) is 22.4 Å². The van der Waals surface area contributed by atoms with Crippen LogP contribution in [0.15, 0.2) is 59.0 Å². The molecule has 0 unspecified atom stereocenters. The van der Waals surface area contributed by atoms with Crippen LogP contribution in [0, 0.1) is 12.7 Å². The van der Waals surface area contributed by atoms with Gasteiger partial charge in [-0.1, -0.05) is 34.5 Å². The molecule has 5 rings (SSSR count). The average molecular weight is 529 g/mol. The minimum absolute atomic E-state index is 0.0264. The van der Waals surface area contributed by atoms with Crippen molar-refractivity contribution in [2.45, 2.75) is 43.5 Å². The van der Waals surface area contributed by atoms with E-state index in [0.29, 0.717) is 34.5 Å². The second-order valence-electron chi connectivity index (χ2n) is 8.68. The van der Waals surface area contributed by atoms with Crippen LogP contribution < -0.4 is 5.32 Å². The lowest BCUT2D eigenvalue weighted by Gasteiger charge is -2.24. The van der Waals surface area contributed by atoms with E-state index < -0.39 is 15.8 Å². The van der Waals surface area contributed by atoms with E-state index in [1.165, 1.54) is 24.5 Å². The number of fused-ring (bicyclic) bond motifs is 1. The number of hydrogen-bond donors (Lipinski definition) is 2. The normalized spacial score (nSPS) is 17.5. The summed E-state index contributed by atoms with van der Waals surface area (Å²) in [5, 5.41) is 16.2. The van der Waals surface area contributed by atoms with Crippen LogP contribution in [-0.2, 0) is 10.0 Å². The van der Waals surface area contributed by atoms with Crippen molar-refractivity contribution in [1.29, 1.82) is 0 Å². The molecule has 0 radical (unpaired) electrons. The first kappa shape index (κ1) is 24.1. The molecule has 0 aliphatic heterocycles. The molecule has 36 heavy (non-hydrogen) atoms. The zero-order valence-electron chi connectivity index (χ0n) is 19.2. The molecule has 1 aliphatic rings. The SMILES string of the molecule is Cc1ccc(S(=O)(=O)n2cc(-c3ncc(F)c(N[C@H]4CCCC(=NO)C4)n3)c3cc(Cl)cnc32)cc1. The largest absolute Gasteiger partial charge is 0.411 e. The van der Waals surface area contributed by atoms with E-state index in [0.717, 1.165) is 28.6 Å². The summed E-state index contributed by atoms with van der Waals surface area (Å²) in [6.07, 6.45) is 6.46. The lowest BCUT2D eigenvalue weighted by Crippen LogP contribution is -2.28. The molecular formula is C24H22ClFN6O3S. The van der Waals surface area contributed by atoms with Gasteiger partial charge in [0.05, 0.1) is 21.8 Å². The maximum absolute atomic E-state index is 14.6. The van der Waals surface area contributed by atoms with E-state index in [9.17, 15) is 12.8 Å². The van der Waals surface area contributed by atoms with Crippen LogP contribution in [0.2, 0.25) is 5.02 Å². The van der Waals surface area contributed by atoms with Gasteiger partial charge in [0.2, 0.25) is 0 Å². The Balaban J connectivity index is 1.60. The Bertz CT molecular complexity index is 1590. The highest BCUT2D eigenvalue weighted by atomic mass is 35.5. The van der Waals surface area contributed by atoms with Gasteiger partial charge in [-0.15, -0.1) is 0 Å². The summed E-state index contributed by atoms with van der Waals surface area (Å²) in [7, 11) is -4.00. The van der Waals surface area contributed by atoms with E-state index in [1.54, 1.807) is 18.2 Å². The third kappa shape index (κ3) is 4.51. The summed E-state index contributed by atoms with van der Waals surface area (Å²) in [5.41, 5.74) is 2.04. The molecule has 0 saturated heterocycles. The first-order chi connectivity index (χ1) is 17.3. The Hall–Kier alpha value is -3.57. The first-order valence-electron chi connectivity index (χ1n) is 11.2. The van der Waals surface area contributed by atoms with Crippen LogP contribution in [0.3, 0.4) is 0 Å². The molecule has 186 valence electrons. The summed E-state index contributed by atoms with van der Waals surface area (Å²) in [6.45, 7) is 1.87. The quantitative estimate of drug-likeness (QED) is 0.275. The predicted octanol–water partition coefficient (Wildman–Crippen LogP) is 5.02. The van der Waals surface area contributed by atoms with Crippen LogP contribution in [0.4, 0.5) is 10.2 Å². The first-order valence-corrected chi connectivity index (χ1v) is 13.1. The van der Waals surface area contributed by atoms with Crippen molar-refractivity contribution < 1.29 is 18.0 Å². The molecule has 0 bridgehead atoms. The van der Waals surface area contributed by atoms with Crippen molar-refractivity contribution in [2.24, 2.45) is 5.16 Å². The van der Waals surface area contributed by atoms with Gasteiger partial charge in [-0.05, 0) is 44.4 Å². The molecular weight excluding hydrogens is 507 g/mol. The highest BCUT2D eigenvalue weighted by molar-refractivity contribution is 7.90.